The molecule has 0 radical (unpaired) electrons. The van der Waals surface area contributed by atoms with E-state index in [1.165, 1.54) is 6.92 Å². The molecule has 2 atom stereocenters. The standard InChI is InChI=1S/C12H13FO3/c1-8(12(15)16)7-10(13)11(14)9-5-3-2-4-6-9/h2-8,11,14H,1H3,(H,15,16)/b10-7-/t8-,11+/m1/s1. The fourth-order valence-corrected chi connectivity index (χ4v) is 1.20. The lowest BCUT2D eigenvalue weighted by Crippen LogP contribution is -2.08. The first-order valence-corrected chi connectivity index (χ1v) is 4.85. The summed E-state index contributed by atoms with van der Waals surface area (Å²) in [6.45, 7) is 1.35. The first-order chi connectivity index (χ1) is 7.52. The van der Waals surface area contributed by atoms with Gasteiger partial charge in [-0.25, -0.2) is 4.39 Å². The Labute approximate surface area is 92.8 Å². The van der Waals surface area contributed by atoms with Crippen LogP contribution in [-0.4, -0.2) is 16.2 Å². The molecule has 2 N–H and O–H groups in total. The number of aliphatic carboxylic acids is 1. The monoisotopic (exact) mass is 224 g/mol. The van der Waals surface area contributed by atoms with Crippen LogP contribution in [0.4, 0.5) is 4.39 Å². The maximum Gasteiger partial charge on any atom is 0.310 e. The molecule has 0 aromatic heterocycles. The van der Waals surface area contributed by atoms with Gasteiger partial charge in [0.15, 0.2) is 0 Å². The van der Waals surface area contributed by atoms with E-state index in [2.05, 4.69) is 0 Å². The third-order valence-corrected chi connectivity index (χ3v) is 2.18. The van der Waals surface area contributed by atoms with Gasteiger partial charge in [-0.3, -0.25) is 4.79 Å². The summed E-state index contributed by atoms with van der Waals surface area (Å²) in [6.07, 6.45) is -0.497. The van der Waals surface area contributed by atoms with Crippen molar-refractivity contribution in [3.8, 4) is 0 Å². The number of carbonyl (C=O) groups is 1. The van der Waals surface area contributed by atoms with Crippen LogP contribution >= 0.6 is 0 Å². The van der Waals surface area contributed by atoms with Crippen LogP contribution in [0.5, 0.6) is 0 Å². The van der Waals surface area contributed by atoms with E-state index in [9.17, 15) is 14.3 Å². The summed E-state index contributed by atoms with van der Waals surface area (Å²) >= 11 is 0. The summed E-state index contributed by atoms with van der Waals surface area (Å²) in [7, 11) is 0. The van der Waals surface area contributed by atoms with Gasteiger partial charge in [0.1, 0.15) is 11.9 Å². The number of halogens is 1. The van der Waals surface area contributed by atoms with E-state index in [1.54, 1.807) is 30.3 Å². The minimum atomic E-state index is -1.40. The van der Waals surface area contributed by atoms with E-state index >= 15 is 0 Å². The van der Waals surface area contributed by atoms with E-state index in [0.29, 0.717) is 5.56 Å². The minimum Gasteiger partial charge on any atom is -0.481 e. The van der Waals surface area contributed by atoms with Crippen LogP contribution in [0.15, 0.2) is 42.2 Å². The van der Waals surface area contributed by atoms with Crippen LogP contribution in [0.25, 0.3) is 0 Å². The first-order valence-electron chi connectivity index (χ1n) is 4.85. The lowest BCUT2D eigenvalue weighted by molar-refractivity contribution is -0.139. The molecule has 0 amide bonds. The average Bonchev–Trinajstić information content (AvgIpc) is 2.28. The van der Waals surface area contributed by atoms with Crippen LogP contribution in [0.2, 0.25) is 0 Å². The quantitative estimate of drug-likeness (QED) is 0.825. The highest BCUT2D eigenvalue weighted by molar-refractivity contribution is 5.71. The zero-order valence-electron chi connectivity index (χ0n) is 8.80. The van der Waals surface area contributed by atoms with Crippen molar-refractivity contribution >= 4 is 5.97 Å². The van der Waals surface area contributed by atoms with Gasteiger partial charge in [0.25, 0.3) is 0 Å². The van der Waals surface area contributed by atoms with Crippen LogP contribution < -0.4 is 0 Å². The Morgan fingerprint density at radius 3 is 2.44 bits per heavy atom. The first kappa shape index (κ1) is 12.4. The van der Waals surface area contributed by atoms with Gasteiger partial charge in [0, 0.05) is 0 Å². The number of rotatable bonds is 4. The molecule has 0 unspecified atom stereocenters. The summed E-state index contributed by atoms with van der Waals surface area (Å²) in [5.74, 6) is -2.94. The second-order valence-corrected chi connectivity index (χ2v) is 3.49. The number of hydrogen-bond acceptors (Lipinski definition) is 2. The molecule has 1 aromatic rings. The van der Waals surface area contributed by atoms with Crippen molar-refractivity contribution in [2.75, 3.05) is 0 Å². The molecule has 3 nitrogen and oxygen atoms in total. The highest BCUT2D eigenvalue weighted by Gasteiger charge is 2.16. The molecule has 1 rings (SSSR count). The lowest BCUT2D eigenvalue weighted by Gasteiger charge is -2.09. The smallest absolute Gasteiger partial charge is 0.310 e. The number of carboxylic acid groups (broad SMARTS) is 1. The molecule has 0 spiro atoms. The lowest BCUT2D eigenvalue weighted by atomic mass is 10.1. The Morgan fingerprint density at radius 2 is 1.94 bits per heavy atom. The number of aliphatic hydroxyl groups is 1. The van der Waals surface area contributed by atoms with Crippen LogP contribution in [0.3, 0.4) is 0 Å². The maximum absolute atomic E-state index is 13.4. The van der Waals surface area contributed by atoms with E-state index in [0.717, 1.165) is 6.08 Å². The molecule has 0 aliphatic carbocycles. The molecule has 0 aliphatic rings. The summed E-state index contributed by atoms with van der Waals surface area (Å²) < 4.78 is 13.4. The Hall–Kier alpha value is -1.68. The minimum absolute atomic E-state index is 0.397. The summed E-state index contributed by atoms with van der Waals surface area (Å²) in [5, 5.41) is 18.2. The molecule has 86 valence electrons. The molecule has 4 heteroatoms. The van der Waals surface area contributed by atoms with E-state index in [-0.39, 0.29) is 0 Å². The number of benzene rings is 1. The van der Waals surface area contributed by atoms with Crippen molar-refractivity contribution in [2.24, 2.45) is 5.92 Å². The predicted octanol–water partition coefficient (Wildman–Crippen LogP) is 2.29. The third-order valence-electron chi connectivity index (χ3n) is 2.18. The molecule has 0 saturated heterocycles. The largest absolute Gasteiger partial charge is 0.481 e. The van der Waals surface area contributed by atoms with Crippen molar-refractivity contribution in [3.05, 3.63) is 47.8 Å². The summed E-state index contributed by atoms with van der Waals surface area (Å²) in [4.78, 5) is 10.5. The molecular weight excluding hydrogens is 211 g/mol. The molecular formula is C12H13FO3. The molecule has 0 bridgehead atoms. The highest BCUT2D eigenvalue weighted by atomic mass is 19.1. The van der Waals surface area contributed by atoms with Crippen LogP contribution in [0, 0.1) is 5.92 Å². The topological polar surface area (TPSA) is 57.5 Å². The fourth-order valence-electron chi connectivity index (χ4n) is 1.20. The molecule has 0 heterocycles. The van der Waals surface area contributed by atoms with Gasteiger partial charge in [0.05, 0.1) is 5.92 Å². The fraction of sp³-hybridized carbons (Fsp3) is 0.250. The van der Waals surface area contributed by atoms with Crippen molar-refractivity contribution in [3.63, 3.8) is 0 Å². The van der Waals surface area contributed by atoms with E-state index in [1.807, 2.05) is 0 Å². The zero-order valence-corrected chi connectivity index (χ0v) is 8.80. The van der Waals surface area contributed by atoms with Gasteiger partial charge in [0.2, 0.25) is 0 Å². The van der Waals surface area contributed by atoms with Crippen LogP contribution in [0.1, 0.15) is 18.6 Å². The normalized spacial score (nSPS) is 15.6. The molecule has 16 heavy (non-hydrogen) atoms. The summed E-state index contributed by atoms with van der Waals surface area (Å²) in [5.41, 5.74) is 0.397. The second kappa shape index (κ2) is 5.42. The van der Waals surface area contributed by atoms with Crippen molar-refractivity contribution in [1.29, 1.82) is 0 Å². The molecule has 0 saturated carbocycles. The Balaban J connectivity index is 2.82. The van der Waals surface area contributed by atoms with Gasteiger partial charge in [-0.2, -0.15) is 0 Å². The predicted molar refractivity (Wildman–Crippen MR) is 57.4 cm³/mol. The highest BCUT2D eigenvalue weighted by Crippen LogP contribution is 2.23. The molecule has 0 aliphatic heterocycles. The van der Waals surface area contributed by atoms with Gasteiger partial charge < -0.3 is 10.2 Å². The van der Waals surface area contributed by atoms with Gasteiger partial charge >= 0.3 is 5.97 Å². The third kappa shape index (κ3) is 3.17. The number of carboxylic acids is 1. The van der Waals surface area contributed by atoms with Gasteiger partial charge in [-0.05, 0) is 18.6 Å². The Bertz CT molecular complexity index is 387. The van der Waals surface area contributed by atoms with Crippen molar-refractivity contribution in [2.45, 2.75) is 13.0 Å². The Morgan fingerprint density at radius 1 is 1.38 bits per heavy atom. The van der Waals surface area contributed by atoms with Crippen molar-refractivity contribution in [1.82, 2.24) is 0 Å². The second-order valence-electron chi connectivity index (χ2n) is 3.49. The van der Waals surface area contributed by atoms with E-state index in [4.69, 9.17) is 5.11 Å². The zero-order chi connectivity index (χ0) is 12.1. The average molecular weight is 224 g/mol. The molecule has 0 fully saturated rings. The van der Waals surface area contributed by atoms with E-state index < -0.39 is 23.8 Å². The molecule has 1 aromatic carbocycles. The van der Waals surface area contributed by atoms with Crippen molar-refractivity contribution < 1.29 is 19.4 Å². The Kier molecular flexibility index (Phi) is 4.19. The number of aliphatic hydroxyl groups excluding tert-OH is 1. The van der Waals surface area contributed by atoms with Gasteiger partial charge in [-0.1, -0.05) is 30.3 Å². The van der Waals surface area contributed by atoms with Crippen LogP contribution in [-0.2, 0) is 4.79 Å². The van der Waals surface area contributed by atoms with Gasteiger partial charge in [-0.15, -0.1) is 0 Å². The number of hydrogen-bond donors (Lipinski definition) is 2. The summed E-state index contributed by atoms with van der Waals surface area (Å²) in [6, 6.07) is 8.24. The SMILES string of the molecule is C[C@H](/C=C(\F)[C@@H](O)c1ccccc1)C(=O)O. The maximum atomic E-state index is 13.4.